The third-order valence-corrected chi connectivity index (χ3v) is 8.74. The van der Waals surface area contributed by atoms with Crippen molar-refractivity contribution in [3.05, 3.63) is 48.5 Å². The summed E-state index contributed by atoms with van der Waals surface area (Å²) in [6.07, 6.45) is 13.3. The summed E-state index contributed by atoms with van der Waals surface area (Å²) < 4.78 is 37.6. The van der Waals surface area contributed by atoms with Crippen molar-refractivity contribution in [2.75, 3.05) is 13.2 Å². The van der Waals surface area contributed by atoms with E-state index in [4.69, 9.17) is 9.47 Å². The summed E-state index contributed by atoms with van der Waals surface area (Å²) in [4.78, 5) is 0.415. The molecule has 0 radical (unpaired) electrons. The summed E-state index contributed by atoms with van der Waals surface area (Å²) in [5, 5.41) is 20.1. The highest BCUT2D eigenvalue weighted by Crippen LogP contribution is 2.25. The number of unbranched alkanes of at least 4 members (excludes halogenated alkanes) is 6. The highest BCUT2D eigenvalue weighted by molar-refractivity contribution is 7.91. The average molecular weight is 563 g/mol. The molecule has 0 saturated carbocycles. The zero-order valence-electron chi connectivity index (χ0n) is 24.0. The van der Waals surface area contributed by atoms with Crippen LogP contribution in [0.25, 0.3) is 0 Å². The van der Waals surface area contributed by atoms with E-state index in [2.05, 4.69) is 13.8 Å². The van der Waals surface area contributed by atoms with Crippen LogP contribution in [0.15, 0.2) is 58.3 Å². The fourth-order valence-corrected chi connectivity index (χ4v) is 5.75. The third kappa shape index (κ3) is 13.2. The number of hydrogen-bond donors (Lipinski definition) is 2. The maximum absolute atomic E-state index is 13.0. The van der Waals surface area contributed by atoms with Crippen LogP contribution in [0.1, 0.15) is 104 Å². The molecule has 2 unspecified atom stereocenters. The Labute approximate surface area is 236 Å². The summed E-state index contributed by atoms with van der Waals surface area (Å²) in [6.45, 7) is 5.32. The standard InChI is InChI=1S/C32H50O6S/c1-3-5-7-9-13-27(33)15-11-25-37-29-17-21-31(22-18-29)39(35,36)32-23-19-30(20-24-32)38-26-12-16-28(34)14-10-8-6-4-2/h17-24,27-28,33-34H,3-16,25-26H2,1-2H3. The zero-order valence-corrected chi connectivity index (χ0v) is 24.8. The minimum absolute atomic E-state index is 0.207. The van der Waals surface area contributed by atoms with Gasteiger partial charge in [0, 0.05) is 0 Å². The lowest BCUT2D eigenvalue weighted by Gasteiger charge is -2.12. The molecule has 0 amide bonds. The van der Waals surface area contributed by atoms with E-state index in [1.807, 2.05) is 0 Å². The van der Waals surface area contributed by atoms with E-state index in [1.165, 1.54) is 38.5 Å². The van der Waals surface area contributed by atoms with Gasteiger partial charge in [0.25, 0.3) is 0 Å². The molecule has 6 nitrogen and oxygen atoms in total. The second-order valence-electron chi connectivity index (χ2n) is 10.4. The van der Waals surface area contributed by atoms with Crippen molar-refractivity contribution in [3.8, 4) is 11.5 Å². The molecule has 220 valence electrons. The van der Waals surface area contributed by atoms with Gasteiger partial charge in [0.05, 0.1) is 35.2 Å². The lowest BCUT2D eigenvalue weighted by Crippen LogP contribution is -2.09. The van der Waals surface area contributed by atoms with Gasteiger partial charge in [-0.2, -0.15) is 0 Å². The fourth-order valence-electron chi connectivity index (χ4n) is 4.49. The Bertz CT molecular complexity index is 913. The highest BCUT2D eigenvalue weighted by Gasteiger charge is 2.18. The van der Waals surface area contributed by atoms with Crippen molar-refractivity contribution >= 4 is 9.84 Å². The Morgan fingerprint density at radius 1 is 0.564 bits per heavy atom. The van der Waals surface area contributed by atoms with Gasteiger partial charge in [0.2, 0.25) is 9.84 Å². The predicted octanol–water partition coefficient (Wildman–Crippen LogP) is 7.50. The first-order chi connectivity index (χ1) is 18.9. The van der Waals surface area contributed by atoms with E-state index < -0.39 is 9.84 Å². The van der Waals surface area contributed by atoms with Crippen LogP contribution in [0, 0.1) is 0 Å². The van der Waals surface area contributed by atoms with Crippen molar-refractivity contribution in [3.63, 3.8) is 0 Å². The van der Waals surface area contributed by atoms with Gasteiger partial charge < -0.3 is 19.7 Å². The largest absolute Gasteiger partial charge is 0.494 e. The van der Waals surface area contributed by atoms with Crippen LogP contribution in [0.5, 0.6) is 11.5 Å². The average Bonchev–Trinajstić information content (AvgIpc) is 2.94. The molecule has 0 heterocycles. The van der Waals surface area contributed by atoms with Crippen LogP contribution in [0.2, 0.25) is 0 Å². The second-order valence-corrected chi connectivity index (χ2v) is 12.4. The monoisotopic (exact) mass is 562 g/mol. The van der Waals surface area contributed by atoms with E-state index in [-0.39, 0.29) is 22.0 Å². The number of aliphatic hydroxyl groups is 2. The number of benzene rings is 2. The van der Waals surface area contributed by atoms with Crippen molar-refractivity contribution in [2.45, 2.75) is 126 Å². The maximum Gasteiger partial charge on any atom is 0.206 e. The van der Waals surface area contributed by atoms with Gasteiger partial charge in [-0.05, 0) is 87.1 Å². The van der Waals surface area contributed by atoms with E-state index >= 15 is 0 Å². The molecule has 0 aliphatic heterocycles. The first kappa shape index (κ1) is 33.1. The molecule has 7 heteroatoms. The molecule has 0 aliphatic rings. The SMILES string of the molecule is CCCCCCC(O)CCCOc1ccc(S(=O)(=O)c2ccc(OCCCC(O)CCCCCC)cc2)cc1. The first-order valence-corrected chi connectivity index (χ1v) is 16.4. The Hall–Kier alpha value is -2.09. The molecule has 39 heavy (non-hydrogen) atoms. The summed E-state index contributed by atoms with van der Waals surface area (Å²) in [5.41, 5.74) is 0. The van der Waals surface area contributed by atoms with Crippen LogP contribution in [-0.4, -0.2) is 44.1 Å². The van der Waals surface area contributed by atoms with Crippen LogP contribution >= 0.6 is 0 Å². The molecule has 0 aliphatic carbocycles. The van der Waals surface area contributed by atoms with Crippen molar-refractivity contribution in [1.82, 2.24) is 0 Å². The van der Waals surface area contributed by atoms with Gasteiger partial charge in [0.1, 0.15) is 11.5 Å². The molecule has 0 fully saturated rings. The van der Waals surface area contributed by atoms with E-state index in [9.17, 15) is 18.6 Å². The van der Waals surface area contributed by atoms with Gasteiger partial charge in [0.15, 0.2) is 0 Å². The Kier molecular flexibility index (Phi) is 16.2. The number of sulfone groups is 1. The first-order valence-electron chi connectivity index (χ1n) is 14.9. The van der Waals surface area contributed by atoms with Crippen LogP contribution < -0.4 is 9.47 Å². The van der Waals surface area contributed by atoms with Crippen molar-refractivity contribution in [1.29, 1.82) is 0 Å². The lowest BCUT2D eigenvalue weighted by molar-refractivity contribution is 0.140. The zero-order chi connectivity index (χ0) is 28.3. The van der Waals surface area contributed by atoms with Crippen LogP contribution in [0.3, 0.4) is 0 Å². The molecule has 0 aromatic heterocycles. The maximum atomic E-state index is 13.0. The fraction of sp³-hybridized carbons (Fsp3) is 0.625. The van der Waals surface area contributed by atoms with Crippen LogP contribution in [-0.2, 0) is 9.84 Å². The molecule has 2 aromatic carbocycles. The van der Waals surface area contributed by atoms with Gasteiger partial charge in [-0.1, -0.05) is 65.2 Å². The third-order valence-electron chi connectivity index (χ3n) is 6.95. The van der Waals surface area contributed by atoms with Gasteiger partial charge >= 0.3 is 0 Å². The lowest BCUT2D eigenvalue weighted by atomic mass is 10.1. The number of hydrogen-bond acceptors (Lipinski definition) is 6. The number of ether oxygens (including phenoxy) is 2. The summed E-state index contributed by atoms with van der Waals surface area (Å²) in [7, 11) is -3.65. The molecule has 2 N–H and O–H groups in total. The molecule has 0 saturated heterocycles. The van der Waals surface area contributed by atoms with Gasteiger partial charge in [-0.25, -0.2) is 8.42 Å². The summed E-state index contributed by atoms with van der Waals surface area (Å²) in [5.74, 6) is 1.22. The van der Waals surface area contributed by atoms with Crippen molar-refractivity contribution < 1.29 is 28.1 Å². The summed E-state index contributed by atoms with van der Waals surface area (Å²) in [6, 6.07) is 12.9. The van der Waals surface area contributed by atoms with Gasteiger partial charge in [-0.3, -0.25) is 0 Å². The molecule has 2 rings (SSSR count). The van der Waals surface area contributed by atoms with E-state index in [1.54, 1.807) is 48.5 Å². The topological polar surface area (TPSA) is 93.1 Å². The molecular formula is C32H50O6S. The highest BCUT2D eigenvalue weighted by atomic mass is 32.2. The van der Waals surface area contributed by atoms with E-state index in [0.717, 1.165) is 38.5 Å². The van der Waals surface area contributed by atoms with Crippen molar-refractivity contribution in [2.24, 2.45) is 0 Å². The molecular weight excluding hydrogens is 512 g/mol. The molecule has 2 atom stereocenters. The molecule has 2 aromatic rings. The number of rotatable bonds is 22. The quantitative estimate of drug-likeness (QED) is 0.144. The Morgan fingerprint density at radius 3 is 1.28 bits per heavy atom. The van der Waals surface area contributed by atoms with E-state index in [0.29, 0.717) is 37.6 Å². The Balaban J connectivity index is 1.72. The minimum Gasteiger partial charge on any atom is -0.494 e. The minimum atomic E-state index is -3.65. The smallest absolute Gasteiger partial charge is 0.206 e. The molecule has 0 bridgehead atoms. The normalized spacial score (nSPS) is 13.2. The Morgan fingerprint density at radius 2 is 0.923 bits per heavy atom. The number of aliphatic hydroxyl groups excluding tert-OH is 2. The second kappa shape index (κ2) is 19.1. The predicted molar refractivity (Wildman–Crippen MR) is 157 cm³/mol. The van der Waals surface area contributed by atoms with Crippen LogP contribution in [0.4, 0.5) is 0 Å². The summed E-state index contributed by atoms with van der Waals surface area (Å²) >= 11 is 0. The molecule has 0 spiro atoms. The van der Waals surface area contributed by atoms with Gasteiger partial charge in [-0.15, -0.1) is 0 Å².